The number of ether oxygens (including phenoxy) is 3. The van der Waals surface area contributed by atoms with Gasteiger partial charge in [0.2, 0.25) is 6.29 Å². The largest absolute Gasteiger partial charge is 0.507 e. The third-order valence-corrected chi connectivity index (χ3v) is 7.41. The Morgan fingerprint density at radius 3 is 1.93 bits per heavy atom. The van der Waals surface area contributed by atoms with Crippen LogP contribution in [0.25, 0.3) is 22.3 Å². The van der Waals surface area contributed by atoms with Gasteiger partial charge in [-0.3, -0.25) is 4.79 Å². The van der Waals surface area contributed by atoms with Crippen molar-refractivity contribution < 1.29 is 69.7 Å². The summed E-state index contributed by atoms with van der Waals surface area (Å²) in [6.45, 7) is -1.38. The van der Waals surface area contributed by atoms with E-state index >= 15 is 0 Å². The maximum atomic E-state index is 13.1. The number of phenolic OH excluding ortho intramolecular Hbond substituents is 2. The molecule has 2 saturated heterocycles. The van der Waals surface area contributed by atoms with Crippen molar-refractivity contribution in [2.45, 2.75) is 61.2 Å². The fourth-order valence-corrected chi connectivity index (χ4v) is 5.08. The third-order valence-electron chi connectivity index (χ3n) is 7.41. The second kappa shape index (κ2) is 11.7. The summed E-state index contributed by atoms with van der Waals surface area (Å²) in [6, 6.07) is 7.59. The Hall–Kier alpha value is -3.35. The molecule has 228 valence electrons. The average Bonchev–Trinajstić information content (AvgIpc) is 2.97. The number of benzene rings is 2. The van der Waals surface area contributed by atoms with E-state index < -0.39 is 91.4 Å². The van der Waals surface area contributed by atoms with Crippen molar-refractivity contribution in [2.24, 2.45) is 0 Å². The molecule has 0 spiro atoms. The van der Waals surface area contributed by atoms with Crippen LogP contribution in [0.4, 0.5) is 0 Å². The lowest BCUT2D eigenvalue weighted by atomic mass is 9.89. The lowest BCUT2D eigenvalue weighted by molar-refractivity contribution is -0.277. The van der Waals surface area contributed by atoms with Crippen molar-refractivity contribution in [1.29, 1.82) is 0 Å². The van der Waals surface area contributed by atoms with Crippen LogP contribution in [0.5, 0.6) is 17.2 Å². The van der Waals surface area contributed by atoms with Crippen LogP contribution in [0.2, 0.25) is 0 Å². The molecule has 0 bridgehead atoms. The SMILES string of the molecule is O=c1cc(-c2ccc(O[C@@H]3OC(CO)[C@H](O)C(O)C3O)cc2)oc2c([C@@H]3O[C@@H](CO)[C@@H](O)C(O)C3O)c(O)cc(O)c12. The Bertz CT molecular complexity index is 1470. The van der Waals surface area contributed by atoms with Crippen LogP contribution in [0.1, 0.15) is 11.7 Å². The zero-order valence-electron chi connectivity index (χ0n) is 21.7. The zero-order valence-corrected chi connectivity index (χ0v) is 21.7. The third kappa shape index (κ3) is 5.20. The summed E-state index contributed by atoms with van der Waals surface area (Å²) in [7, 11) is 0. The van der Waals surface area contributed by atoms with Crippen LogP contribution < -0.4 is 10.2 Å². The van der Waals surface area contributed by atoms with Gasteiger partial charge in [-0.1, -0.05) is 0 Å². The molecule has 15 nitrogen and oxygen atoms in total. The number of aliphatic hydroxyl groups is 8. The molecule has 0 saturated carbocycles. The summed E-state index contributed by atoms with van der Waals surface area (Å²) in [5.74, 6) is -1.24. The first-order valence-electron chi connectivity index (χ1n) is 12.9. The van der Waals surface area contributed by atoms with Gasteiger partial charge in [-0.25, -0.2) is 0 Å². The summed E-state index contributed by atoms with van der Waals surface area (Å²) in [6.07, 6.45) is -15.7. The highest BCUT2D eigenvalue weighted by Gasteiger charge is 2.46. The highest BCUT2D eigenvalue weighted by molar-refractivity contribution is 5.89. The van der Waals surface area contributed by atoms with E-state index in [0.29, 0.717) is 0 Å². The minimum absolute atomic E-state index is 0.0669. The van der Waals surface area contributed by atoms with Crippen molar-refractivity contribution in [3.05, 3.63) is 52.2 Å². The summed E-state index contributed by atoms with van der Waals surface area (Å²) in [5, 5.41) is 101. The van der Waals surface area contributed by atoms with Crippen LogP contribution in [0, 0.1) is 0 Å². The van der Waals surface area contributed by atoms with Gasteiger partial charge in [0.1, 0.15) is 83.3 Å². The molecule has 2 aromatic carbocycles. The van der Waals surface area contributed by atoms with Gasteiger partial charge in [0.25, 0.3) is 0 Å². The predicted octanol–water partition coefficient (Wildman–Crippen LogP) is -2.44. The monoisotopic (exact) mass is 594 g/mol. The molecule has 2 aliphatic rings. The number of fused-ring (bicyclic) bond motifs is 1. The van der Waals surface area contributed by atoms with E-state index in [1.165, 1.54) is 24.3 Å². The van der Waals surface area contributed by atoms with Crippen LogP contribution >= 0.6 is 0 Å². The number of hydrogen-bond acceptors (Lipinski definition) is 15. The second-order valence-electron chi connectivity index (χ2n) is 10.1. The predicted molar refractivity (Wildman–Crippen MR) is 138 cm³/mol. The van der Waals surface area contributed by atoms with Crippen LogP contribution in [-0.2, 0) is 9.47 Å². The van der Waals surface area contributed by atoms with Gasteiger partial charge in [0.05, 0.1) is 18.8 Å². The molecule has 10 N–H and O–H groups in total. The molecule has 0 radical (unpaired) electrons. The molecule has 42 heavy (non-hydrogen) atoms. The van der Waals surface area contributed by atoms with Crippen molar-refractivity contribution in [2.75, 3.05) is 13.2 Å². The molecule has 0 amide bonds. The summed E-state index contributed by atoms with van der Waals surface area (Å²) < 4.78 is 22.3. The highest BCUT2D eigenvalue weighted by atomic mass is 16.7. The first kappa shape index (κ1) is 30.1. The zero-order chi connectivity index (χ0) is 30.5. The van der Waals surface area contributed by atoms with Gasteiger partial charge in [0.15, 0.2) is 11.0 Å². The molecule has 3 heterocycles. The van der Waals surface area contributed by atoms with Gasteiger partial charge in [0, 0.05) is 17.7 Å². The van der Waals surface area contributed by atoms with Crippen LogP contribution in [0.3, 0.4) is 0 Å². The van der Waals surface area contributed by atoms with E-state index in [9.17, 15) is 55.9 Å². The number of aromatic hydroxyl groups is 2. The van der Waals surface area contributed by atoms with E-state index in [0.717, 1.165) is 12.1 Å². The smallest absolute Gasteiger partial charge is 0.229 e. The van der Waals surface area contributed by atoms with E-state index in [4.69, 9.17) is 18.6 Å². The van der Waals surface area contributed by atoms with E-state index in [1.807, 2.05) is 0 Å². The molecular formula is C27H30O15. The molecule has 10 atom stereocenters. The summed E-state index contributed by atoms with van der Waals surface area (Å²) in [4.78, 5) is 13.1. The van der Waals surface area contributed by atoms with Gasteiger partial charge < -0.3 is 69.7 Å². The minimum atomic E-state index is -1.82. The lowest BCUT2D eigenvalue weighted by Gasteiger charge is -2.40. The maximum absolute atomic E-state index is 13.1. The molecule has 2 aliphatic heterocycles. The highest BCUT2D eigenvalue weighted by Crippen LogP contribution is 2.43. The molecule has 1 aromatic heterocycles. The molecule has 15 heteroatoms. The Labute approximate surface area is 236 Å². The quantitative estimate of drug-likeness (QED) is 0.142. The standard InChI is InChI=1S/C27H30O15/c28-7-15-19(33)21(35)23(37)26(41-15)18-12(31)5-11(30)17-13(32)6-14(40-25(17)18)9-1-3-10(4-2-9)39-27-24(38)22(36)20(34)16(8-29)42-27/h1-6,15-16,19-24,26-31,33-38H,7-8H2/t15-,16?,19+,20-,21?,22?,23?,24?,26-,27+/m0/s1. The Balaban J connectivity index is 1.50. The number of aliphatic hydroxyl groups excluding tert-OH is 8. The fraction of sp³-hybridized carbons (Fsp3) is 0.444. The van der Waals surface area contributed by atoms with Crippen molar-refractivity contribution in [1.82, 2.24) is 0 Å². The second-order valence-corrected chi connectivity index (χ2v) is 10.1. The number of rotatable bonds is 6. The van der Waals surface area contributed by atoms with E-state index in [2.05, 4.69) is 0 Å². The number of phenols is 2. The van der Waals surface area contributed by atoms with Crippen LogP contribution in [-0.4, -0.2) is 119 Å². The first-order chi connectivity index (χ1) is 20.0. The van der Waals surface area contributed by atoms with Crippen molar-refractivity contribution in [3.63, 3.8) is 0 Å². The normalized spacial score (nSPS) is 33.5. The maximum Gasteiger partial charge on any atom is 0.229 e. The Kier molecular flexibility index (Phi) is 8.41. The van der Waals surface area contributed by atoms with E-state index in [-0.39, 0.29) is 33.6 Å². The van der Waals surface area contributed by atoms with Gasteiger partial charge in [-0.05, 0) is 24.3 Å². The minimum Gasteiger partial charge on any atom is -0.507 e. The van der Waals surface area contributed by atoms with Crippen molar-refractivity contribution in [3.8, 4) is 28.6 Å². The van der Waals surface area contributed by atoms with Gasteiger partial charge >= 0.3 is 0 Å². The average molecular weight is 595 g/mol. The van der Waals surface area contributed by atoms with Crippen LogP contribution in [0.15, 0.2) is 45.6 Å². The van der Waals surface area contributed by atoms with Gasteiger partial charge in [-0.2, -0.15) is 0 Å². The summed E-state index contributed by atoms with van der Waals surface area (Å²) >= 11 is 0. The number of hydrogen-bond donors (Lipinski definition) is 10. The Morgan fingerprint density at radius 2 is 1.31 bits per heavy atom. The topological polar surface area (TPSA) is 260 Å². The molecule has 0 aliphatic carbocycles. The van der Waals surface area contributed by atoms with Gasteiger partial charge in [-0.15, -0.1) is 0 Å². The summed E-state index contributed by atoms with van der Waals surface area (Å²) in [5.41, 5.74) is -1.16. The molecule has 2 fully saturated rings. The first-order valence-corrected chi connectivity index (χ1v) is 12.9. The lowest BCUT2D eigenvalue weighted by Crippen LogP contribution is -2.60. The molecule has 5 unspecified atom stereocenters. The molecular weight excluding hydrogens is 564 g/mol. The molecule has 3 aromatic rings. The Morgan fingerprint density at radius 1 is 0.714 bits per heavy atom. The van der Waals surface area contributed by atoms with Crippen molar-refractivity contribution >= 4 is 11.0 Å². The fourth-order valence-electron chi connectivity index (χ4n) is 5.08. The molecule has 5 rings (SSSR count). The van der Waals surface area contributed by atoms with E-state index in [1.54, 1.807) is 0 Å².